The van der Waals surface area contributed by atoms with E-state index < -0.39 is 21.6 Å². The molecule has 0 aliphatic rings. The molecular weight excluding hydrogens is 240 g/mol. The van der Waals surface area contributed by atoms with Gasteiger partial charge in [0.25, 0.3) is 0 Å². The lowest BCUT2D eigenvalue weighted by molar-refractivity contribution is -0.134. The summed E-state index contributed by atoms with van der Waals surface area (Å²) in [5, 5.41) is 8.60. The fraction of sp³-hybridized carbons (Fsp3) is 0.417. The topological polar surface area (TPSA) is 71.4 Å². The van der Waals surface area contributed by atoms with Crippen LogP contribution in [0, 0.1) is 6.92 Å². The summed E-state index contributed by atoms with van der Waals surface area (Å²) in [6.45, 7) is 5.58. The molecule has 4 nitrogen and oxygen atoms in total. The number of sulfone groups is 1. The maximum atomic E-state index is 11.9. The first-order valence-corrected chi connectivity index (χ1v) is 6.94. The number of rotatable bonds is 4. The third-order valence-electron chi connectivity index (χ3n) is 2.53. The van der Waals surface area contributed by atoms with Crippen LogP contribution in [0.25, 0.3) is 0 Å². The van der Waals surface area contributed by atoms with Crippen molar-refractivity contribution in [2.75, 3.05) is 5.75 Å². The quantitative estimate of drug-likeness (QED) is 0.894. The minimum absolute atomic E-state index is 0.117. The van der Waals surface area contributed by atoms with Crippen molar-refractivity contribution in [1.29, 1.82) is 0 Å². The molecule has 0 saturated carbocycles. The largest absolute Gasteiger partial charge is 0.480 e. The van der Waals surface area contributed by atoms with Crippen LogP contribution in [0.3, 0.4) is 0 Å². The molecule has 1 N–H and O–H groups in total. The summed E-state index contributed by atoms with van der Waals surface area (Å²) in [6, 6.07) is 5.14. The van der Waals surface area contributed by atoms with Crippen molar-refractivity contribution in [1.82, 2.24) is 0 Å². The predicted octanol–water partition coefficient (Wildman–Crippen LogP) is 1.98. The van der Waals surface area contributed by atoms with Crippen LogP contribution in [0.5, 0.6) is 0 Å². The van der Waals surface area contributed by atoms with Gasteiger partial charge in [-0.25, -0.2) is 8.42 Å². The van der Waals surface area contributed by atoms with E-state index in [0.717, 1.165) is 5.56 Å². The van der Waals surface area contributed by atoms with E-state index in [9.17, 15) is 13.2 Å². The van der Waals surface area contributed by atoms with E-state index in [1.54, 1.807) is 19.1 Å². The van der Waals surface area contributed by atoms with Crippen LogP contribution in [0.2, 0.25) is 0 Å². The van der Waals surface area contributed by atoms with Gasteiger partial charge in [-0.05, 0) is 30.0 Å². The van der Waals surface area contributed by atoms with Gasteiger partial charge in [-0.2, -0.15) is 0 Å². The summed E-state index contributed by atoms with van der Waals surface area (Å²) >= 11 is 0. The molecule has 0 atom stereocenters. The summed E-state index contributed by atoms with van der Waals surface area (Å²) in [5.41, 5.74) is 1.47. The lowest BCUT2D eigenvalue weighted by Gasteiger charge is -2.10. The zero-order valence-electron chi connectivity index (χ0n) is 10.1. The van der Waals surface area contributed by atoms with Crippen LogP contribution >= 0.6 is 0 Å². The lowest BCUT2D eigenvalue weighted by atomic mass is 10.0. The number of carboxylic acid groups (broad SMARTS) is 1. The second-order valence-corrected chi connectivity index (χ2v) is 6.29. The molecule has 1 aromatic carbocycles. The summed E-state index contributed by atoms with van der Waals surface area (Å²) < 4.78 is 23.7. The average molecular weight is 256 g/mol. The van der Waals surface area contributed by atoms with Crippen LogP contribution in [-0.2, 0) is 14.6 Å². The Bertz CT molecular complexity index is 529. The first kappa shape index (κ1) is 13.7. The molecule has 0 spiro atoms. The Hall–Kier alpha value is -1.36. The van der Waals surface area contributed by atoms with Gasteiger partial charge in [0.15, 0.2) is 15.6 Å². The van der Waals surface area contributed by atoms with Crippen molar-refractivity contribution in [3.8, 4) is 0 Å². The van der Waals surface area contributed by atoms with Gasteiger partial charge >= 0.3 is 5.97 Å². The van der Waals surface area contributed by atoms with E-state index in [2.05, 4.69) is 0 Å². The molecular formula is C12H16O4S. The third-order valence-corrected chi connectivity index (χ3v) is 4.26. The molecule has 0 radical (unpaired) electrons. The van der Waals surface area contributed by atoms with E-state index >= 15 is 0 Å². The molecule has 5 heteroatoms. The number of aryl methyl sites for hydroxylation is 1. The van der Waals surface area contributed by atoms with E-state index in [1.165, 1.54) is 0 Å². The number of carboxylic acids is 1. The first-order valence-electron chi connectivity index (χ1n) is 5.29. The van der Waals surface area contributed by atoms with E-state index in [4.69, 9.17) is 5.11 Å². The molecule has 0 aromatic heterocycles. The Morgan fingerprint density at radius 3 is 2.41 bits per heavy atom. The molecule has 0 bridgehead atoms. The van der Waals surface area contributed by atoms with Crippen molar-refractivity contribution in [3.63, 3.8) is 0 Å². The first-order chi connectivity index (χ1) is 7.74. The maximum Gasteiger partial charge on any atom is 0.319 e. The molecule has 0 saturated heterocycles. The number of hydrogen-bond donors (Lipinski definition) is 1. The van der Waals surface area contributed by atoms with Crippen LogP contribution in [-0.4, -0.2) is 25.2 Å². The Balaban J connectivity index is 3.30. The smallest absolute Gasteiger partial charge is 0.319 e. The SMILES string of the molecule is Cc1ccc(C(C)C)cc1S(=O)(=O)CC(=O)O. The van der Waals surface area contributed by atoms with Gasteiger partial charge in [0.05, 0.1) is 4.90 Å². The normalized spacial score (nSPS) is 11.8. The summed E-state index contributed by atoms with van der Waals surface area (Å²) in [7, 11) is -3.75. The minimum Gasteiger partial charge on any atom is -0.480 e. The number of aliphatic carboxylic acids is 1. The van der Waals surface area contributed by atoms with Gasteiger partial charge in [0, 0.05) is 0 Å². The van der Waals surface area contributed by atoms with Crippen molar-refractivity contribution in [2.45, 2.75) is 31.6 Å². The van der Waals surface area contributed by atoms with E-state index in [1.807, 2.05) is 19.9 Å². The van der Waals surface area contributed by atoms with E-state index in [-0.39, 0.29) is 10.8 Å². The van der Waals surface area contributed by atoms with Gasteiger partial charge in [-0.3, -0.25) is 4.79 Å². The van der Waals surface area contributed by atoms with Gasteiger partial charge < -0.3 is 5.11 Å². The number of hydrogen-bond acceptors (Lipinski definition) is 3. The Morgan fingerprint density at radius 1 is 1.35 bits per heavy atom. The highest BCUT2D eigenvalue weighted by Crippen LogP contribution is 2.23. The highest BCUT2D eigenvalue weighted by Gasteiger charge is 2.21. The van der Waals surface area contributed by atoms with Crippen LogP contribution in [0.15, 0.2) is 23.1 Å². The van der Waals surface area contributed by atoms with Crippen molar-refractivity contribution >= 4 is 15.8 Å². The molecule has 0 amide bonds. The van der Waals surface area contributed by atoms with Gasteiger partial charge in [0.2, 0.25) is 0 Å². The molecule has 0 aliphatic carbocycles. The Kier molecular flexibility index (Phi) is 3.93. The van der Waals surface area contributed by atoms with Crippen LogP contribution in [0.1, 0.15) is 30.9 Å². The summed E-state index contributed by atoms with van der Waals surface area (Å²) in [6.07, 6.45) is 0. The predicted molar refractivity (Wildman–Crippen MR) is 65.0 cm³/mol. The second kappa shape index (κ2) is 4.87. The molecule has 0 heterocycles. The van der Waals surface area contributed by atoms with Gasteiger partial charge in [-0.15, -0.1) is 0 Å². The Labute approximate surface area is 101 Å². The molecule has 0 fully saturated rings. The zero-order chi connectivity index (χ0) is 13.2. The lowest BCUT2D eigenvalue weighted by Crippen LogP contribution is -2.16. The van der Waals surface area contributed by atoms with Crippen molar-refractivity contribution in [2.24, 2.45) is 0 Å². The van der Waals surface area contributed by atoms with Gasteiger partial charge in [-0.1, -0.05) is 26.0 Å². The fourth-order valence-electron chi connectivity index (χ4n) is 1.55. The second-order valence-electron chi connectivity index (χ2n) is 4.33. The Morgan fingerprint density at radius 2 is 1.94 bits per heavy atom. The maximum absolute atomic E-state index is 11.9. The standard InChI is InChI=1S/C12H16O4S/c1-8(2)10-5-4-9(3)11(6-10)17(15,16)7-12(13)14/h4-6,8H,7H2,1-3H3,(H,13,14). The molecule has 17 heavy (non-hydrogen) atoms. The molecule has 1 rings (SSSR count). The van der Waals surface area contributed by atoms with Crippen LogP contribution in [0.4, 0.5) is 0 Å². The average Bonchev–Trinajstić information content (AvgIpc) is 2.15. The highest BCUT2D eigenvalue weighted by molar-refractivity contribution is 7.92. The zero-order valence-corrected chi connectivity index (χ0v) is 10.9. The minimum atomic E-state index is -3.75. The monoisotopic (exact) mass is 256 g/mol. The molecule has 0 aliphatic heterocycles. The summed E-state index contributed by atoms with van der Waals surface area (Å²) in [5.74, 6) is -2.00. The summed E-state index contributed by atoms with van der Waals surface area (Å²) in [4.78, 5) is 10.7. The van der Waals surface area contributed by atoms with E-state index in [0.29, 0.717) is 5.56 Å². The number of benzene rings is 1. The molecule has 94 valence electrons. The third kappa shape index (κ3) is 3.30. The fourth-order valence-corrected chi connectivity index (χ4v) is 2.91. The van der Waals surface area contributed by atoms with Crippen molar-refractivity contribution < 1.29 is 18.3 Å². The number of carbonyl (C=O) groups is 1. The van der Waals surface area contributed by atoms with Crippen molar-refractivity contribution in [3.05, 3.63) is 29.3 Å². The van der Waals surface area contributed by atoms with Gasteiger partial charge in [0.1, 0.15) is 0 Å². The van der Waals surface area contributed by atoms with Crippen LogP contribution < -0.4 is 0 Å². The molecule has 1 aromatic rings. The molecule has 0 unspecified atom stereocenters. The highest BCUT2D eigenvalue weighted by atomic mass is 32.2.